The van der Waals surface area contributed by atoms with E-state index in [0.717, 1.165) is 42.6 Å². The van der Waals surface area contributed by atoms with Crippen LogP contribution in [-0.4, -0.2) is 34.8 Å². The number of carboxylic acid groups (broad SMARTS) is 1. The summed E-state index contributed by atoms with van der Waals surface area (Å²) in [7, 11) is 0. The van der Waals surface area contributed by atoms with Gasteiger partial charge in [0.25, 0.3) is 0 Å². The standard InChI is InChI=1S/C26H29F3N2O3/c1-16(24(32)33)22(18-5-6-18)19-7-4-17-8-9-25(34-21(17)15-19)10-13-31(14-11-25)20-3-2-12-30-23(20)26(27,28)29/h2-4,7,12,15-16,18,22H,5-6,8-11,13-14H2,1H3,(H,32,33). The summed E-state index contributed by atoms with van der Waals surface area (Å²) in [6, 6.07) is 9.15. The molecule has 2 fully saturated rings. The minimum Gasteiger partial charge on any atom is -0.487 e. The van der Waals surface area contributed by atoms with Crippen molar-refractivity contribution in [3.05, 3.63) is 53.3 Å². The third-order valence-corrected chi connectivity index (χ3v) is 7.78. The van der Waals surface area contributed by atoms with Gasteiger partial charge in [0.15, 0.2) is 5.69 Å². The first-order chi connectivity index (χ1) is 16.2. The molecule has 2 unspecified atom stereocenters. The van der Waals surface area contributed by atoms with Gasteiger partial charge in [-0.3, -0.25) is 4.79 Å². The molecule has 5 nitrogen and oxygen atoms in total. The summed E-state index contributed by atoms with van der Waals surface area (Å²) in [6.07, 6.45) is 1.70. The van der Waals surface area contributed by atoms with Crippen molar-refractivity contribution >= 4 is 11.7 Å². The number of carbonyl (C=O) groups is 1. The number of pyridine rings is 1. The van der Waals surface area contributed by atoms with Crippen LogP contribution in [0.1, 0.15) is 61.8 Å². The molecule has 3 heterocycles. The Labute approximate surface area is 196 Å². The number of halogens is 3. The molecule has 1 spiro atoms. The van der Waals surface area contributed by atoms with E-state index < -0.39 is 29.4 Å². The Morgan fingerprint density at radius 3 is 2.59 bits per heavy atom. The molecule has 2 aliphatic heterocycles. The fourth-order valence-corrected chi connectivity index (χ4v) is 5.68. The van der Waals surface area contributed by atoms with Crippen molar-refractivity contribution in [3.8, 4) is 5.75 Å². The van der Waals surface area contributed by atoms with Crippen LogP contribution in [0.15, 0.2) is 36.5 Å². The van der Waals surface area contributed by atoms with E-state index in [0.29, 0.717) is 31.8 Å². The lowest BCUT2D eigenvalue weighted by Crippen LogP contribution is -2.50. The Bertz CT molecular complexity index is 1080. The number of ether oxygens (including phenoxy) is 1. The fraction of sp³-hybridized carbons (Fsp3) is 0.538. The van der Waals surface area contributed by atoms with Gasteiger partial charge in [0.2, 0.25) is 0 Å². The number of aromatic nitrogens is 1. The lowest BCUT2D eigenvalue weighted by molar-refractivity contribution is -0.142. The van der Waals surface area contributed by atoms with Gasteiger partial charge in [0.05, 0.1) is 11.6 Å². The second kappa shape index (κ2) is 8.47. The molecule has 8 heteroatoms. The summed E-state index contributed by atoms with van der Waals surface area (Å²) in [4.78, 5) is 17.0. The second-order valence-electron chi connectivity index (χ2n) is 10.00. The fourth-order valence-electron chi connectivity index (χ4n) is 5.68. The second-order valence-corrected chi connectivity index (χ2v) is 10.00. The van der Waals surface area contributed by atoms with E-state index in [4.69, 9.17) is 4.74 Å². The molecule has 2 aromatic rings. The first kappa shape index (κ1) is 23.0. The van der Waals surface area contributed by atoms with Gasteiger partial charge in [-0.05, 0) is 66.8 Å². The van der Waals surface area contributed by atoms with Crippen molar-refractivity contribution in [2.75, 3.05) is 18.0 Å². The molecule has 1 aromatic heterocycles. The summed E-state index contributed by atoms with van der Waals surface area (Å²) in [5.74, 6) is -0.0794. The Hall–Kier alpha value is -2.77. The predicted octanol–water partition coefficient (Wildman–Crippen LogP) is 5.68. The van der Waals surface area contributed by atoms with Crippen LogP contribution in [0.4, 0.5) is 18.9 Å². The SMILES string of the molecule is CC(C(=O)O)C(c1ccc2c(c1)OC1(CC2)CCN(c2cccnc2C(F)(F)F)CC1)C1CC1. The van der Waals surface area contributed by atoms with Gasteiger partial charge in [-0.1, -0.05) is 19.1 Å². The highest BCUT2D eigenvalue weighted by molar-refractivity contribution is 5.71. The van der Waals surface area contributed by atoms with E-state index in [1.54, 1.807) is 11.8 Å². The van der Waals surface area contributed by atoms with Crippen LogP contribution in [-0.2, 0) is 17.4 Å². The van der Waals surface area contributed by atoms with E-state index >= 15 is 0 Å². The largest absolute Gasteiger partial charge is 0.487 e. The minimum absolute atomic E-state index is 0.0301. The maximum Gasteiger partial charge on any atom is 0.435 e. The lowest BCUT2D eigenvalue weighted by Gasteiger charge is -2.45. The molecule has 5 rings (SSSR count). The van der Waals surface area contributed by atoms with Crippen LogP contribution in [0, 0.1) is 11.8 Å². The number of fused-ring (bicyclic) bond motifs is 1. The molecule has 0 radical (unpaired) electrons. The van der Waals surface area contributed by atoms with Gasteiger partial charge in [0.1, 0.15) is 11.4 Å². The molecule has 2 atom stereocenters. The molecule has 34 heavy (non-hydrogen) atoms. The topological polar surface area (TPSA) is 62.7 Å². The zero-order valence-corrected chi connectivity index (χ0v) is 19.1. The molecule has 1 N–H and O–H groups in total. The number of nitrogens with zero attached hydrogens (tertiary/aromatic N) is 2. The summed E-state index contributed by atoms with van der Waals surface area (Å²) in [6.45, 7) is 2.70. The highest BCUT2D eigenvalue weighted by Crippen LogP contribution is 2.49. The number of aryl methyl sites for hydroxylation is 1. The number of aliphatic carboxylic acids is 1. The van der Waals surface area contributed by atoms with Crippen molar-refractivity contribution in [1.82, 2.24) is 4.98 Å². The molecule has 1 aromatic carbocycles. The van der Waals surface area contributed by atoms with Crippen LogP contribution < -0.4 is 9.64 Å². The Morgan fingerprint density at radius 1 is 1.21 bits per heavy atom. The molecule has 3 aliphatic rings. The number of carboxylic acids is 1. The zero-order valence-electron chi connectivity index (χ0n) is 19.1. The summed E-state index contributed by atoms with van der Waals surface area (Å²) in [5.41, 5.74) is 0.996. The van der Waals surface area contributed by atoms with Crippen molar-refractivity contribution in [2.45, 2.75) is 63.1 Å². The summed E-state index contributed by atoms with van der Waals surface area (Å²) >= 11 is 0. The predicted molar refractivity (Wildman–Crippen MR) is 121 cm³/mol. The molecule has 0 bridgehead atoms. The normalized spacial score (nSPS) is 21.5. The van der Waals surface area contributed by atoms with E-state index in [1.165, 1.54) is 18.3 Å². The van der Waals surface area contributed by atoms with Gasteiger partial charge < -0.3 is 14.7 Å². The third kappa shape index (κ3) is 4.34. The summed E-state index contributed by atoms with van der Waals surface area (Å²) in [5, 5.41) is 9.61. The third-order valence-electron chi connectivity index (χ3n) is 7.78. The first-order valence-electron chi connectivity index (χ1n) is 12.0. The van der Waals surface area contributed by atoms with E-state index in [1.807, 2.05) is 12.1 Å². The van der Waals surface area contributed by atoms with Crippen LogP contribution in [0.3, 0.4) is 0 Å². The highest BCUT2D eigenvalue weighted by Gasteiger charge is 2.43. The van der Waals surface area contributed by atoms with Gasteiger partial charge >= 0.3 is 12.1 Å². The highest BCUT2D eigenvalue weighted by atomic mass is 19.4. The smallest absolute Gasteiger partial charge is 0.435 e. The molecule has 1 aliphatic carbocycles. The van der Waals surface area contributed by atoms with Crippen molar-refractivity contribution < 1.29 is 27.8 Å². The number of piperidine rings is 1. The number of benzene rings is 1. The first-order valence-corrected chi connectivity index (χ1v) is 12.0. The minimum atomic E-state index is -4.49. The number of anilines is 1. The number of alkyl halides is 3. The van der Waals surface area contributed by atoms with E-state index in [-0.39, 0.29) is 11.6 Å². The maximum atomic E-state index is 13.4. The lowest BCUT2D eigenvalue weighted by atomic mass is 9.80. The average molecular weight is 475 g/mol. The van der Waals surface area contributed by atoms with E-state index in [9.17, 15) is 23.1 Å². The molecule has 182 valence electrons. The van der Waals surface area contributed by atoms with Crippen molar-refractivity contribution in [3.63, 3.8) is 0 Å². The van der Waals surface area contributed by atoms with Crippen molar-refractivity contribution in [1.29, 1.82) is 0 Å². The zero-order chi connectivity index (χ0) is 24.1. The van der Waals surface area contributed by atoms with Gasteiger partial charge in [-0.15, -0.1) is 0 Å². The number of hydrogen-bond acceptors (Lipinski definition) is 4. The van der Waals surface area contributed by atoms with E-state index in [2.05, 4.69) is 11.1 Å². The van der Waals surface area contributed by atoms with Crippen LogP contribution >= 0.6 is 0 Å². The number of hydrogen-bond donors (Lipinski definition) is 1. The average Bonchev–Trinajstić information content (AvgIpc) is 3.64. The quantitative estimate of drug-likeness (QED) is 0.604. The molecular weight excluding hydrogens is 445 g/mol. The Kier molecular flexibility index (Phi) is 5.73. The molecular formula is C26H29F3N2O3. The Morgan fingerprint density at radius 2 is 1.94 bits per heavy atom. The van der Waals surface area contributed by atoms with Crippen LogP contribution in [0.5, 0.6) is 5.75 Å². The maximum absolute atomic E-state index is 13.4. The van der Waals surface area contributed by atoms with Gasteiger partial charge in [0, 0.05) is 32.1 Å². The molecule has 1 saturated carbocycles. The van der Waals surface area contributed by atoms with Gasteiger partial charge in [-0.25, -0.2) is 4.98 Å². The molecule has 0 amide bonds. The van der Waals surface area contributed by atoms with Crippen molar-refractivity contribution in [2.24, 2.45) is 11.8 Å². The monoisotopic (exact) mass is 474 g/mol. The number of rotatable bonds is 5. The summed E-state index contributed by atoms with van der Waals surface area (Å²) < 4.78 is 46.9. The molecule has 1 saturated heterocycles. The van der Waals surface area contributed by atoms with Crippen LogP contribution in [0.25, 0.3) is 0 Å². The van der Waals surface area contributed by atoms with Gasteiger partial charge in [-0.2, -0.15) is 13.2 Å². The Balaban J connectivity index is 1.34. The van der Waals surface area contributed by atoms with Crippen LogP contribution in [0.2, 0.25) is 0 Å².